The first-order valence-electron chi connectivity index (χ1n) is 14.0. The van der Waals surface area contributed by atoms with Crippen LogP contribution in [0, 0.1) is 51.8 Å². The fourth-order valence-electron chi connectivity index (χ4n) is 8.78. The van der Waals surface area contributed by atoms with Crippen LogP contribution in [0.15, 0.2) is 0 Å². The van der Waals surface area contributed by atoms with Crippen molar-refractivity contribution in [3.8, 4) is 0 Å². The lowest BCUT2D eigenvalue weighted by molar-refractivity contribution is -0.129. The van der Waals surface area contributed by atoms with E-state index in [4.69, 9.17) is 11.5 Å². The Hall–Kier alpha value is -0.610. The minimum atomic E-state index is -0.143. The van der Waals surface area contributed by atoms with Crippen LogP contribution in [0.2, 0.25) is 0 Å². The summed E-state index contributed by atoms with van der Waals surface area (Å²) in [5.41, 5.74) is 12.0. The number of fused-ring (bicyclic) bond motifs is 5. The van der Waals surface area contributed by atoms with E-state index in [9.17, 15) is 9.90 Å². The van der Waals surface area contributed by atoms with Gasteiger partial charge in [0.05, 0.1) is 6.10 Å². The number of rotatable bonds is 4. The molecule has 4 aliphatic carbocycles. The molecule has 0 aromatic carbocycles. The van der Waals surface area contributed by atoms with E-state index in [0.717, 1.165) is 55.4 Å². The first-order valence-corrected chi connectivity index (χ1v) is 14.0. The van der Waals surface area contributed by atoms with Gasteiger partial charge in [-0.25, -0.2) is 0 Å². The van der Waals surface area contributed by atoms with Crippen molar-refractivity contribution in [2.24, 2.45) is 63.2 Å². The van der Waals surface area contributed by atoms with E-state index >= 15 is 0 Å². The van der Waals surface area contributed by atoms with Crippen LogP contribution in [-0.4, -0.2) is 23.7 Å². The van der Waals surface area contributed by atoms with Crippen LogP contribution in [-0.2, 0) is 4.79 Å². The number of hydrogen-bond acceptors (Lipinski definition) is 3. The number of aliphatic hydroxyl groups excluding tert-OH is 1. The Labute approximate surface area is 204 Å². The van der Waals surface area contributed by atoms with Crippen molar-refractivity contribution in [2.45, 2.75) is 118 Å². The number of primary amides is 1. The maximum atomic E-state index is 11.3. The summed E-state index contributed by atoms with van der Waals surface area (Å²) in [6.07, 6.45) is 13.0. The largest absolute Gasteiger partial charge is 0.393 e. The molecule has 4 saturated carbocycles. The van der Waals surface area contributed by atoms with E-state index in [1.807, 2.05) is 0 Å². The van der Waals surface area contributed by atoms with Gasteiger partial charge in [0.1, 0.15) is 0 Å². The lowest BCUT2D eigenvalue weighted by Crippen LogP contribution is -2.54. The molecule has 0 aliphatic heterocycles. The van der Waals surface area contributed by atoms with Gasteiger partial charge in [0.2, 0.25) is 5.91 Å². The van der Waals surface area contributed by atoms with Crippen molar-refractivity contribution in [2.75, 3.05) is 6.54 Å². The minimum absolute atomic E-state index is 0.0459. The molecule has 192 valence electrons. The highest BCUT2D eigenvalue weighted by atomic mass is 16.3. The van der Waals surface area contributed by atoms with Gasteiger partial charge in [0, 0.05) is 6.42 Å². The topological polar surface area (TPSA) is 89.3 Å². The molecule has 0 saturated heterocycles. The molecule has 4 aliphatic rings. The Morgan fingerprint density at radius 2 is 1.61 bits per heavy atom. The van der Waals surface area contributed by atoms with Crippen LogP contribution in [0.5, 0.6) is 0 Å². The zero-order valence-electron chi connectivity index (χ0n) is 22.5. The Morgan fingerprint density at radius 1 is 1.00 bits per heavy atom. The van der Waals surface area contributed by atoms with E-state index in [0.29, 0.717) is 28.6 Å². The van der Waals surface area contributed by atoms with Crippen molar-refractivity contribution in [1.82, 2.24) is 0 Å². The summed E-state index contributed by atoms with van der Waals surface area (Å²) in [5.74, 6) is 4.63. The standard InChI is InChI=1S/C24H41NO2.C5H13N/c1-15(4-9-22(25)27)19-7-8-20-18-6-5-16-14-17(26)10-12-23(16,2)21(18)11-13-24(19,20)3;1-5(2,3)4-6/h15-21,26H,4-14H2,1-3H3,(H2,25,27);4,6H2,1-3H3/t15-,16-,17-,18+,19-,20+,21+,23+,24-;/m1./s1. The third-order valence-corrected chi connectivity index (χ3v) is 10.9. The quantitative estimate of drug-likeness (QED) is 0.486. The predicted molar refractivity (Wildman–Crippen MR) is 137 cm³/mol. The van der Waals surface area contributed by atoms with E-state index in [-0.39, 0.29) is 12.0 Å². The maximum absolute atomic E-state index is 11.3. The second-order valence-corrected chi connectivity index (χ2v) is 14.1. The number of nitrogens with two attached hydrogens (primary N) is 2. The maximum Gasteiger partial charge on any atom is 0.217 e. The van der Waals surface area contributed by atoms with E-state index in [1.165, 1.54) is 44.9 Å². The summed E-state index contributed by atoms with van der Waals surface area (Å²) in [6, 6.07) is 0. The molecule has 4 nitrogen and oxygen atoms in total. The molecule has 0 unspecified atom stereocenters. The fraction of sp³-hybridized carbons (Fsp3) is 0.966. The summed E-state index contributed by atoms with van der Waals surface area (Å²) in [7, 11) is 0. The van der Waals surface area contributed by atoms with Crippen LogP contribution in [0.1, 0.15) is 112 Å². The highest BCUT2D eigenvalue weighted by molar-refractivity contribution is 5.73. The average Bonchev–Trinajstić information content (AvgIpc) is 3.09. The van der Waals surface area contributed by atoms with Crippen molar-refractivity contribution < 1.29 is 9.90 Å². The zero-order valence-corrected chi connectivity index (χ0v) is 22.5. The smallest absolute Gasteiger partial charge is 0.217 e. The molecule has 4 fully saturated rings. The third-order valence-electron chi connectivity index (χ3n) is 10.9. The number of carbonyl (C=O) groups is 1. The summed E-state index contributed by atoms with van der Waals surface area (Å²) in [6.45, 7) is 14.7. The highest BCUT2D eigenvalue weighted by Crippen LogP contribution is 2.68. The Bertz CT molecular complexity index is 673. The third kappa shape index (κ3) is 5.63. The molecular formula is C29H54N2O2. The van der Waals surface area contributed by atoms with Crippen molar-refractivity contribution in [3.05, 3.63) is 0 Å². The molecule has 1 amide bonds. The molecule has 0 aromatic rings. The Morgan fingerprint density at radius 3 is 2.21 bits per heavy atom. The van der Waals surface area contributed by atoms with Crippen LogP contribution >= 0.6 is 0 Å². The van der Waals surface area contributed by atoms with Crippen molar-refractivity contribution in [3.63, 3.8) is 0 Å². The normalized spacial score (nSPS) is 43.4. The molecule has 0 radical (unpaired) electrons. The molecule has 33 heavy (non-hydrogen) atoms. The molecule has 0 aromatic heterocycles. The molecule has 9 atom stereocenters. The molecule has 0 spiro atoms. The average molecular weight is 463 g/mol. The van der Waals surface area contributed by atoms with Gasteiger partial charge in [-0.1, -0.05) is 41.5 Å². The first kappa shape index (κ1) is 27.0. The fourth-order valence-corrected chi connectivity index (χ4v) is 8.78. The SMILES string of the molecule is CC(C)(C)CN.C[C@H](CCC(N)=O)[C@H]1CC[C@H]2[C@@H]3CC[C@@H]4C[C@H](O)CC[C@]4(C)[C@H]3CC[C@]12C. The van der Waals surface area contributed by atoms with Crippen molar-refractivity contribution >= 4 is 5.91 Å². The lowest BCUT2D eigenvalue weighted by atomic mass is 9.44. The summed E-state index contributed by atoms with van der Waals surface area (Å²) in [4.78, 5) is 11.3. The molecular weight excluding hydrogens is 408 g/mol. The van der Waals surface area contributed by atoms with Gasteiger partial charge in [-0.3, -0.25) is 4.79 Å². The van der Waals surface area contributed by atoms with Crippen LogP contribution < -0.4 is 11.5 Å². The molecule has 4 rings (SSSR count). The summed E-state index contributed by atoms with van der Waals surface area (Å²) < 4.78 is 0. The number of amides is 1. The van der Waals surface area contributed by atoms with Gasteiger partial charge < -0.3 is 16.6 Å². The summed E-state index contributed by atoms with van der Waals surface area (Å²) in [5, 5.41) is 10.2. The number of hydrogen-bond donors (Lipinski definition) is 3. The Balaban J connectivity index is 0.000000454. The predicted octanol–water partition coefficient (Wildman–Crippen LogP) is 5.90. The molecule has 4 heteroatoms. The van der Waals surface area contributed by atoms with Gasteiger partial charge in [0.15, 0.2) is 0 Å². The zero-order chi connectivity index (χ0) is 24.6. The van der Waals surface area contributed by atoms with E-state index < -0.39 is 0 Å². The van der Waals surface area contributed by atoms with Gasteiger partial charge in [-0.15, -0.1) is 0 Å². The van der Waals surface area contributed by atoms with Gasteiger partial charge >= 0.3 is 0 Å². The monoisotopic (exact) mass is 462 g/mol. The molecule has 5 N–H and O–H groups in total. The van der Waals surface area contributed by atoms with Crippen molar-refractivity contribution in [1.29, 1.82) is 0 Å². The van der Waals surface area contributed by atoms with E-state index in [1.54, 1.807) is 0 Å². The van der Waals surface area contributed by atoms with Gasteiger partial charge in [-0.05, 0) is 123 Å². The first-order chi connectivity index (χ1) is 15.3. The minimum Gasteiger partial charge on any atom is -0.393 e. The molecule has 0 heterocycles. The van der Waals surface area contributed by atoms with Gasteiger partial charge in [-0.2, -0.15) is 0 Å². The van der Waals surface area contributed by atoms with E-state index in [2.05, 4.69) is 41.5 Å². The van der Waals surface area contributed by atoms with Crippen LogP contribution in [0.25, 0.3) is 0 Å². The highest BCUT2D eigenvalue weighted by Gasteiger charge is 2.60. The second kappa shape index (κ2) is 10.2. The van der Waals surface area contributed by atoms with Gasteiger partial charge in [0.25, 0.3) is 0 Å². The van der Waals surface area contributed by atoms with Crippen LogP contribution in [0.3, 0.4) is 0 Å². The lowest BCUT2D eigenvalue weighted by Gasteiger charge is -2.61. The Kier molecular flexibility index (Phi) is 8.32. The van der Waals surface area contributed by atoms with Crippen LogP contribution in [0.4, 0.5) is 0 Å². The molecule has 0 bridgehead atoms. The number of aliphatic hydroxyl groups is 1. The second-order valence-electron chi connectivity index (χ2n) is 14.1. The number of carbonyl (C=O) groups excluding carboxylic acids is 1. The summed E-state index contributed by atoms with van der Waals surface area (Å²) >= 11 is 0.